The van der Waals surface area contributed by atoms with Crippen molar-refractivity contribution in [3.63, 3.8) is 0 Å². The Labute approximate surface area is 203 Å². The van der Waals surface area contributed by atoms with Crippen LogP contribution in [0, 0.1) is 32.6 Å². The number of fused-ring (bicyclic) bond motifs is 7. The van der Waals surface area contributed by atoms with Gasteiger partial charge < -0.3 is 10.1 Å². The maximum atomic E-state index is 14.2. The molecule has 0 aliphatic carbocycles. The van der Waals surface area contributed by atoms with Crippen molar-refractivity contribution >= 4 is 40.7 Å². The summed E-state index contributed by atoms with van der Waals surface area (Å²) in [4.78, 5) is 45.4. The molecule has 3 saturated heterocycles. The Hall–Kier alpha value is -2.90. The lowest BCUT2D eigenvalue weighted by molar-refractivity contribution is -0.135. The molecule has 0 bridgehead atoms. The Morgan fingerprint density at radius 3 is 2.56 bits per heavy atom. The fraction of sp³-hybridized carbons (Fsp3) is 0.423. The number of hydrogen-bond acceptors (Lipinski definition) is 5. The molecule has 0 saturated carbocycles. The van der Waals surface area contributed by atoms with Crippen molar-refractivity contribution in [3.05, 3.63) is 51.5 Å². The molecule has 0 unspecified atom stereocenters. The molecule has 176 valence electrons. The Balaban J connectivity index is 1.58. The van der Waals surface area contributed by atoms with E-state index in [0.29, 0.717) is 23.0 Å². The summed E-state index contributed by atoms with van der Waals surface area (Å²) in [5.41, 5.74) is 3.50. The number of amides is 3. The van der Waals surface area contributed by atoms with Gasteiger partial charge in [-0.1, -0.05) is 29.3 Å². The van der Waals surface area contributed by atoms with Gasteiger partial charge in [-0.15, -0.1) is 0 Å². The first kappa shape index (κ1) is 21.6. The molecule has 2 aromatic carbocycles. The highest BCUT2D eigenvalue weighted by Crippen LogP contribution is 2.61. The number of anilines is 2. The zero-order chi connectivity index (χ0) is 24.1. The second-order valence-corrected chi connectivity index (χ2v) is 10.3. The van der Waals surface area contributed by atoms with Gasteiger partial charge in [-0.3, -0.25) is 19.3 Å². The number of halogens is 1. The van der Waals surface area contributed by atoms with E-state index >= 15 is 0 Å². The standard InChI is InChI=1S/C26H26ClN3O4/c1-12-8-14(3)22-15(9-12)26(25(33)28-22)21-20(17-6-5-7-29(17)26)23(31)30(24(21)32)18-10-13(2)16(27)11-19(18)34-4/h8-11,17,20-21H,5-7H2,1-4H3,(H,28,33)/t17-,20+,21+,26-/m0/s1. The largest absolute Gasteiger partial charge is 0.495 e. The van der Waals surface area contributed by atoms with Crippen molar-refractivity contribution in [1.29, 1.82) is 0 Å². The van der Waals surface area contributed by atoms with E-state index in [4.69, 9.17) is 16.3 Å². The monoisotopic (exact) mass is 479 g/mol. The molecule has 0 radical (unpaired) electrons. The van der Waals surface area contributed by atoms with Crippen LogP contribution < -0.4 is 15.0 Å². The van der Waals surface area contributed by atoms with Crippen molar-refractivity contribution in [2.24, 2.45) is 11.8 Å². The summed E-state index contributed by atoms with van der Waals surface area (Å²) >= 11 is 6.29. The second-order valence-electron chi connectivity index (χ2n) is 9.92. The highest BCUT2D eigenvalue weighted by atomic mass is 35.5. The third-order valence-corrected chi connectivity index (χ3v) is 8.55. The van der Waals surface area contributed by atoms with E-state index < -0.39 is 17.4 Å². The Morgan fingerprint density at radius 2 is 1.82 bits per heavy atom. The first-order chi connectivity index (χ1) is 16.2. The number of rotatable bonds is 2. The molecular formula is C26H26ClN3O4. The summed E-state index contributed by atoms with van der Waals surface area (Å²) in [6.07, 6.45) is 1.66. The summed E-state index contributed by atoms with van der Waals surface area (Å²) in [6.45, 7) is 6.46. The number of aryl methyl sites for hydroxylation is 3. The van der Waals surface area contributed by atoms with Crippen LogP contribution in [0.15, 0.2) is 24.3 Å². The van der Waals surface area contributed by atoms with Crippen molar-refractivity contribution in [3.8, 4) is 5.75 Å². The lowest BCUT2D eigenvalue weighted by Gasteiger charge is -2.37. The number of carbonyl (C=O) groups is 3. The first-order valence-electron chi connectivity index (χ1n) is 11.6. The summed E-state index contributed by atoms with van der Waals surface area (Å²) in [5, 5.41) is 3.57. The van der Waals surface area contributed by atoms with E-state index in [1.807, 2.05) is 32.9 Å². The van der Waals surface area contributed by atoms with Crippen LogP contribution in [0.4, 0.5) is 11.4 Å². The molecule has 3 fully saturated rings. The van der Waals surface area contributed by atoms with Gasteiger partial charge >= 0.3 is 0 Å². The van der Waals surface area contributed by atoms with Gasteiger partial charge in [-0.05, 0) is 57.4 Å². The number of hydrogen-bond donors (Lipinski definition) is 1. The van der Waals surface area contributed by atoms with E-state index in [9.17, 15) is 14.4 Å². The normalized spacial score (nSPS) is 29.6. The highest BCUT2D eigenvalue weighted by Gasteiger charge is 2.74. The van der Waals surface area contributed by atoms with Gasteiger partial charge in [0.1, 0.15) is 11.3 Å². The third-order valence-electron chi connectivity index (χ3n) is 8.14. The average molecular weight is 480 g/mol. The van der Waals surface area contributed by atoms with Crippen molar-refractivity contribution in [2.75, 3.05) is 23.9 Å². The molecule has 0 aromatic heterocycles. The van der Waals surface area contributed by atoms with E-state index in [-0.39, 0.29) is 23.8 Å². The molecule has 4 aliphatic rings. The minimum atomic E-state index is -1.19. The van der Waals surface area contributed by atoms with E-state index in [2.05, 4.69) is 10.2 Å². The van der Waals surface area contributed by atoms with Gasteiger partial charge in [-0.25, -0.2) is 4.90 Å². The van der Waals surface area contributed by atoms with Crippen molar-refractivity contribution < 1.29 is 19.1 Å². The van der Waals surface area contributed by atoms with Crippen LogP contribution in [0.25, 0.3) is 0 Å². The fourth-order valence-corrected chi connectivity index (χ4v) is 7.04. The maximum Gasteiger partial charge on any atom is 0.250 e. The lowest BCUT2D eigenvalue weighted by Crippen LogP contribution is -2.54. The number of benzene rings is 2. The predicted octanol–water partition coefficient (Wildman–Crippen LogP) is 3.71. The summed E-state index contributed by atoms with van der Waals surface area (Å²) in [7, 11) is 1.49. The fourth-order valence-electron chi connectivity index (χ4n) is 6.88. The zero-order valence-corrected chi connectivity index (χ0v) is 20.3. The summed E-state index contributed by atoms with van der Waals surface area (Å²) in [6, 6.07) is 7.22. The molecule has 8 heteroatoms. The quantitative estimate of drug-likeness (QED) is 0.664. The number of methoxy groups -OCH3 is 1. The van der Waals surface area contributed by atoms with Crippen LogP contribution in [-0.2, 0) is 19.9 Å². The zero-order valence-electron chi connectivity index (χ0n) is 19.6. The number of carbonyl (C=O) groups excluding carboxylic acids is 3. The molecule has 7 nitrogen and oxygen atoms in total. The Bertz CT molecular complexity index is 1310. The van der Waals surface area contributed by atoms with Crippen LogP contribution in [0.2, 0.25) is 5.02 Å². The van der Waals surface area contributed by atoms with E-state index in [1.54, 1.807) is 12.1 Å². The minimum Gasteiger partial charge on any atom is -0.495 e. The van der Waals surface area contributed by atoms with E-state index in [0.717, 1.165) is 40.8 Å². The highest BCUT2D eigenvalue weighted by molar-refractivity contribution is 6.32. The van der Waals surface area contributed by atoms with E-state index in [1.165, 1.54) is 12.0 Å². The topological polar surface area (TPSA) is 79.0 Å². The van der Waals surface area contributed by atoms with Crippen LogP contribution in [-0.4, -0.2) is 42.3 Å². The van der Waals surface area contributed by atoms with Crippen LogP contribution in [0.5, 0.6) is 5.75 Å². The number of nitrogens with one attached hydrogen (secondary N) is 1. The molecule has 4 aliphatic heterocycles. The third kappa shape index (κ3) is 2.44. The molecule has 4 atom stereocenters. The molecule has 3 amide bonds. The Kier molecular flexibility index (Phi) is 4.49. The smallest absolute Gasteiger partial charge is 0.250 e. The number of nitrogens with zero attached hydrogens (tertiary/aromatic N) is 2. The molecule has 1 N–H and O–H groups in total. The average Bonchev–Trinajstić information content (AvgIpc) is 3.49. The maximum absolute atomic E-state index is 14.2. The summed E-state index contributed by atoms with van der Waals surface area (Å²) < 4.78 is 5.50. The van der Waals surface area contributed by atoms with Crippen molar-refractivity contribution in [1.82, 2.24) is 4.90 Å². The molecule has 4 heterocycles. The minimum absolute atomic E-state index is 0.164. The van der Waals surface area contributed by atoms with Crippen LogP contribution >= 0.6 is 11.6 Å². The number of imide groups is 1. The van der Waals surface area contributed by atoms with Crippen LogP contribution in [0.1, 0.15) is 35.1 Å². The SMILES string of the molecule is COc1cc(Cl)c(C)cc1N1C(=O)[C@@H]2[C@@H]3CCCN3[C@]3(C(=O)Nc4c(C)cc(C)cc43)[C@H]2C1=O. The van der Waals surface area contributed by atoms with Gasteiger partial charge in [0.2, 0.25) is 17.7 Å². The van der Waals surface area contributed by atoms with Crippen LogP contribution in [0.3, 0.4) is 0 Å². The van der Waals surface area contributed by atoms with Gasteiger partial charge in [-0.2, -0.15) is 0 Å². The number of ether oxygens (including phenoxy) is 1. The molecular weight excluding hydrogens is 454 g/mol. The summed E-state index contributed by atoms with van der Waals surface area (Å²) in [5.74, 6) is -1.86. The van der Waals surface area contributed by atoms with Gasteiger partial charge in [0, 0.05) is 28.4 Å². The Morgan fingerprint density at radius 1 is 1.06 bits per heavy atom. The van der Waals surface area contributed by atoms with Gasteiger partial charge in [0.15, 0.2) is 0 Å². The predicted molar refractivity (Wildman–Crippen MR) is 128 cm³/mol. The lowest BCUT2D eigenvalue weighted by atomic mass is 9.75. The second kappa shape index (κ2) is 7.06. The van der Waals surface area contributed by atoms with Crippen molar-refractivity contribution in [2.45, 2.75) is 45.2 Å². The molecule has 34 heavy (non-hydrogen) atoms. The molecule has 6 rings (SSSR count). The molecule has 1 spiro atoms. The first-order valence-corrected chi connectivity index (χ1v) is 12.0. The van der Waals surface area contributed by atoms with Gasteiger partial charge in [0.05, 0.1) is 24.6 Å². The molecule has 2 aromatic rings. The van der Waals surface area contributed by atoms with Gasteiger partial charge in [0.25, 0.3) is 0 Å².